The summed E-state index contributed by atoms with van der Waals surface area (Å²) in [5.41, 5.74) is 9.74. The van der Waals surface area contributed by atoms with Crippen molar-refractivity contribution in [3.05, 3.63) is 47.5 Å². The third kappa shape index (κ3) is 8.23. The van der Waals surface area contributed by atoms with Crippen LogP contribution in [-0.4, -0.2) is 96.7 Å². The number of carbonyl (C=O) groups is 2. The number of anilines is 1. The molecule has 6 rings (SSSR count). The van der Waals surface area contributed by atoms with Gasteiger partial charge in [-0.25, -0.2) is 0 Å². The normalized spacial score (nSPS) is 28.3. The number of nitrogens with zero attached hydrogens (tertiary/aromatic N) is 2. The standard InChI is InChI=1S/C40H61N5O6/c1-22(2)13-30(20-44(7)8)42-38(48)27-14-26(15-29(41)16-27)31-12-10-11-25(37(31)50-9)19-45-36(35(24(4)47)34(21-46)51-45)39(49)43-33-18-28-17-32(23(33)3)40(28,5)6/h10-12,14-16,22-24,28,30,32-36,46-47H,13,17-21,41H2,1-9H3,(H,42,48)(H,43,49)/t23-,24?,28+,30+,32-,33-,34-,35+,36-/m0/s1. The number of nitrogens with two attached hydrogens (primary N) is 1. The maximum Gasteiger partial charge on any atom is 0.251 e. The second kappa shape index (κ2) is 15.8. The molecule has 0 aromatic heterocycles. The Hall–Kier alpha value is -3.22. The average Bonchev–Trinajstić information content (AvgIpc) is 3.43. The molecule has 3 saturated carbocycles. The van der Waals surface area contributed by atoms with Crippen LogP contribution in [0.15, 0.2) is 36.4 Å². The van der Waals surface area contributed by atoms with Crippen LogP contribution in [-0.2, 0) is 16.2 Å². The number of aliphatic hydroxyl groups excluding tert-OH is 2. The fraction of sp³-hybridized carbons (Fsp3) is 0.650. The molecule has 2 aromatic carbocycles. The number of benzene rings is 2. The second-order valence-corrected chi connectivity index (χ2v) is 16.6. The summed E-state index contributed by atoms with van der Waals surface area (Å²) in [6.45, 7) is 13.4. The van der Waals surface area contributed by atoms with Gasteiger partial charge in [0, 0.05) is 46.9 Å². The number of aliphatic hydroxyl groups is 2. The van der Waals surface area contributed by atoms with Crippen LogP contribution in [0, 0.1) is 35.0 Å². The lowest BCUT2D eigenvalue weighted by Gasteiger charge is -2.62. The summed E-state index contributed by atoms with van der Waals surface area (Å²) in [6.07, 6.45) is 1.32. The van der Waals surface area contributed by atoms with Gasteiger partial charge in [0.15, 0.2) is 0 Å². The third-order valence-corrected chi connectivity index (χ3v) is 11.9. The number of hydrogen-bond donors (Lipinski definition) is 5. The molecule has 1 unspecified atom stereocenters. The van der Waals surface area contributed by atoms with E-state index in [-0.39, 0.29) is 42.5 Å². The van der Waals surface area contributed by atoms with E-state index < -0.39 is 24.2 Å². The lowest BCUT2D eigenvalue weighted by atomic mass is 9.45. The van der Waals surface area contributed by atoms with Crippen molar-refractivity contribution in [2.75, 3.05) is 40.1 Å². The minimum atomic E-state index is -0.901. The van der Waals surface area contributed by atoms with Crippen LogP contribution in [0.25, 0.3) is 11.1 Å². The molecule has 4 aliphatic rings. The fourth-order valence-electron chi connectivity index (χ4n) is 9.23. The first-order chi connectivity index (χ1) is 24.0. The molecule has 3 aliphatic carbocycles. The van der Waals surface area contributed by atoms with E-state index in [2.05, 4.69) is 50.2 Å². The van der Waals surface area contributed by atoms with Crippen LogP contribution in [0.2, 0.25) is 0 Å². The number of nitrogens with one attached hydrogen (secondary N) is 2. The van der Waals surface area contributed by atoms with Gasteiger partial charge in [0.05, 0.1) is 26.4 Å². The van der Waals surface area contributed by atoms with Gasteiger partial charge in [0.1, 0.15) is 17.9 Å². The van der Waals surface area contributed by atoms with Gasteiger partial charge < -0.3 is 36.2 Å². The van der Waals surface area contributed by atoms with Crippen molar-refractivity contribution in [1.82, 2.24) is 20.6 Å². The highest BCUT2D eigenvalue weighted by atomic mass is 16.7. The molecule has 2 aromatic rings. The molecule has 282 valence electrons. The van der Waals surface area contributed by atoms with Gasteiger partial charge in [-0.3, -0.25) is 14.4 Å². The van der Waals surface area contributed by atoms with Crippen LogP contribution < -0.4 is 21.1 Å². The number of rotatable bonds is 14. The van der Waals surface area contributed by atoms with E-state index >= 15 is 0 Å². The maximum absolute atomic E-state index is 14.2. The highest BCUT2D eigenvalue weighted by Gasteiger charge is 2.57. The van der Waals surface area contributed by atoms with Gasteiger partial charge in [-0.15, -0.1) is 0 Å². The predicted molar refractivity (Wildman–Crippen MR) is 200 cm³/mol. The number of para-hydroxylation sites is 1. The fourth-order valence-corrected chi connectivity index (χ4v) is 9.23. The van der Waals surface area contributed by atoms with Crippen LogP contribution >= 0.6 is 0 Å². The SMILES string of the molecule is COc1c(CN2O[C@@H](CO)[C@@H](C(C)O)[C@H]2C(=O)N[C@H]2C[C@H]3C[C@@H]([C@@H]2C)C3(C)C)cccc1-c1cc(N)cc(C(=O)N[C@H](CC(C)C)CN(C)C)c1. The molecule has 0 radical (unpaired) electrons. The van der Waals surface area contributed by atoms with E-state index in [0.29, 0.717) is 46.2 Å². The molecule has 1 saturated heterocycles. The number of methoxy groups -OCH3 is 1. The summed E-state index contributed by atoms with van der Waals surface area (Å²) in [4.78, 5) is 36.0. The van der Waals surface area contributed by atoms with Gasteiger partial charge >= 0.3 is 0 Å². The van der Waals surface area contributed by atoms with E-state index in [1.165, 1.54) is 6.42 Å². The van der Waals surface area contributed by atoms with Gasteiger partial charge in [-0.05, 0) is 93.1 Å². The minimum Gasteiger partial charge on any atom is -0.496 e. The number of nitrogen functional groups attached to an aromatic ring is 1. The van der Waals surface area contributed by atoms with E-state index in [0.717, 1.165) is 30.5 Å². The Morgan fingerprint density at radius 2 is 1.88 bits per heavy atom. The summed E-state index contributed by atoms with van der Waals surface area (Å²) >= 11 is 0. The van der Waals surface area contributed by atoms with Gasteiger partial charge in [0.2, 0.25) is 5.91 Å². The molecule has 1 heterocycles. The van der Waals surface area contributed by atoms with Crippen molar-refractivity contribution in [2.24, 2.45) is 35.0 Å². The molecule has 2 bridgehead atoms. The Bertz CT molecular complexity index is 1540. The Morgan fingerprint density at radius 3 is 2.47 bits per heavy atom. The molecule has 4 fully saturated rings. The quantitative estimate of drug-likeness (QED) is 0.181. The van der Waals surface area contributed by atoms with Crippen LogP contribution in [0.4, 0.5) is 5.69 Å². The monoisotopic (exact) mass is 707 g/mol. The van der Waals surface area contributed by atoms with Crippen molar-refractivity contribution in [3.63, 3.8) is 0 Å². The van der Waals surface area contributed by atoms with E-state index in [1.807, 2.05) is 44.4 Å². The topological polar surface area (TPSA) is 150 Å². The van der Waals surface area contributed by atoms with Crippen LogP contribution in [0.5, 0.6) is 5.75 Å². The molecular weight excluding hydrogens is 646 g/mol. The number of likely N-dealkylation sites (N-methyl/N-ethyl adjacent to an activating group) is 1. The Balaban J connectivity index is 1.41. The van der Waals surface area contributed by atoms with Crippen molar-refractivity contribution in [2.45, 2.75) is 97.7 Å². The Kier molecular flexibility index (Phi) is 12.1. The lowest BCUT2D eigenvalue weighted by molar-refractivity contribution is -0.183. The number of ether oxygens (including phenoxy) is 1. The molecule has 2 amide bonds. The first kappa shape index (κ1) is 39.0. The first-order valence-corrected chi connectivity index (χ1v) is 18.6. The summed E-state index contributed by atoms with van der Waals surface area (Å²) < 4.78 is 6.00. The molecule has 9 atom stereocenters. The van der Waals surface area contributed by atoms with Gasteiger partial charge in [-0.2, -0.15) is 5.06 Å². The Labute approximate surface area is 304 Å². The molecule has 51 heavy (non-hydrogen) atoms. The van der Waals surface area contributed by atoms with Crippen molar-refractivity contribution in [3.8, 4) is 16.9 Å². The van der Waals surface area contributed by atoms with Gasteiger partial charge in [-0.1, -0.05) is 52.8 Å². The first-order valence-electron chi connectivity index (χ1n) is 18.6. The zero-order valence-corrected chi connectivity index (χ0v) is 32.0. The van der Waals surface area contributed by atoms with Crippen LogP contribution in [0.1, 0.15) is 76.7 Å². The summed E-state index contributed by atoms with van der Waals surface area (Å²) in [5, 5.41) is 29.3. The van der Waals surface area contributed by atoms with Crippen molar-refractivity contribution < 1.29 is 29.4 Å². The second-order valence-electron chi connectivity index (χ2n) is 16.6. The minimum absolute atomic E-state index is 0.0204. The van der Waals surface area contributed by atoms with Crippen molar-refractivity contribution in [1.29, 1.82) is 0 Å². The number of fused-ring (bicyclic) bond motifs is 2. The Morgan fingerprint density at radius 1 is 1.16 bits per heavy atom. The smallest absolute Gasteiger partial charge is 0.251 e. The molecule has 1 aliphatic heterocycles. The average molecular weight is 708 g/mol. The maximum atomic E-state index is 14.2. The predicted octanol–water partition coefficient (Wildman–Crippen LogP) is 4.31. The van der Waals surface area contributed by atoms with Crippen molar-refractivity contribution >= 4 is 17.5 Å². The number of carbonyl (C=O) groups excluding carboxylic acids is 2. The van der Waals surface area contributed by atoms with E-state index in [9.17, 15) is 19.8 Å². The van der Waals surface area contributed by atoms with E-state index in [4.69, 9.17) is 15.3 Å². The molecule has 0 spiro atoms. The molecule has 6 N–H and O–H groups in total. The third-order valence-electron chi connectivity index (χ3n) is 11.9. The highest BCUT2D eigenvalue weighted by Crippen LogP contribution is 2.61. The molecule has 11 heteroatoms. The largest absolute Gasteiger partial charge is 0.496 e. The summed E-state index contributed by atoms with van der Waals surface area (Å²) in [6, 6.07) is 10.2. The number of amides is 2. The lowest BCUT2D eigenvalue weighted by Crippen LogP contribution is -2.62. The summed E-state index contributed by atoms with van der Waals surface area (Å²) in [7, 11) is 5.57. The molecular formula is C40H61N5O6. The highest BCUT2D eigenvalue weighted by molar-refractivity contribution is 5.97. The van der Waals surface area contributed by atoms with E-state index in [1.54, 1.807) is 25.2 Å². The number of hydrogen-bond acceptors (Lipinski definition) is 9. The summed E-state index contributed by atoms with van der Waals surface area (Å²) in [5.74, 6) is 1.38. The van der Waals surface area contributed by atoms with Gasteiger partial charge in [0.25, 0.3) is 5.91 Å². The number of hydroxylamine groups is 2. The molecule has 11 nitrogen and oxygen atoms in total. The van der Waals surface area contributed by atoms with Crippen LogP contribution in [0.3, 0.4) is 0 Å². The zero-order chi connectivity index (χ0) is 37.4. The zero-order valence-electron chi connectivity index (χ0n) is 32.0.